The van der Waals surface area contributed by atoms with Crippen LogP contribution in [0, 0.1) is 82.3 Å². The molecule has 0 amide bonds. The van der Waals surface area contributed by atoms with E-state index in [0.29, 0.717) is 35.5 Å². The maximum absolute atomic E-state index is 15.0. The van der Waals surface area contributed by atoms with E-state index in [1.165, 1.54) is 32.1 Å². The van der Waals surface area contributed by atoms with Crippen LogP contribution in [0.25, 0.3) is 0 Å². The molecule has 2 aliphatic heterocycles. The third-order valence-corrected chi connectivity index (χ3v) is 17.1. The molecule has 9 rings (SSSR count). The Morgan fingerprint density at radius 1 is 0.808 bits per heavy atom. The van der Waals surface area contributed by atoms with Gasteiger partial charge in [0.2, 0.25) is 0 Å². The van der Waals surface area contributed by atoms with Crippen LogP contribution < -0.4 is 0 Å². The molecule has 7 aliphatic carbocycles. The summed E-state index contributed by atoms with van der Waals surface area (Å²) in [5, 5.41) is 0. The van der Waals surface area contributed by atoms with Gasteiger partial charge in [0.05, 0.1) is 35.4 Å². The van der Waals surface area contributed by atoms with Gasteiger partial charge < -0.3 is 23.7 Å². The molecule has 17 unspecified atom stereocenters. The van der Waals surface area contributed by atoms with Gasteiger partial charge in [0.1, 0.15) is 17.1 Å². The van der Waals surface area contributed by atoms with Crippen LogP contribution >= 0.6 is 0 Å². The van der Waals surface area contributed by atoms with Gasteiger partial charge in [-0.3, -0.25) is 24.0 Å². The Hall–Kier alpha value is -2.49. The van der Waals surface area contributed by atoms with E-state index in [9.17, 15) is 19.2 Å². The van der Waals surface area contributed by atoms with Crippen molar-refractivity contribution in [2.45, 2.75) is 148 Å². The first-order valence-electron chi connectivity index (χ1n) is 20.5. The maximum Gasteiger partial charge on any atom is 0.320 e. The third kappa shape index (κ3) is 4.92. The van der Waals surface area contributed by atoms with Gasteiger partial charge in [0.25, 0.3) is 0 Å². The first kappa shape index (κ1) is 35.2. The predicted molar refractivity (Wildman–Crippen MR) is 185 cm³/mol. The van der Waals surface area contributed by atoms with Crippen LogP contribution in [0.3, 0.4) is 0 Å². The quantitative estimate of drug-likeness (QED) is 0.117. The monoisotopic (exact) mass is 722 g/mol. The van der Waals surface area contributed by atoms with Gasteiger partial charge in [-0.25, -0.2) is 0 Å². The van der Waals surface area contributed by atoms with E-state index in [0.717, 1.165) is 49.9 Å². The highest BCUT2D eigenvalue weighted by Gasteiger charge is 2.69. The second kappa shape index (κ2) is 11.5. The Morgan fingerprint density at radius 3 is 2.21 bits per heavy atom. The number of carbonyl (C=O) groups is 5. The number of cyclic esters (lactones) is 3. The average molecular weight is 723 g/mol. The molecule has 2 heterocycles. The SMILES string of the molecule is CC(C(=O)OC1CC(=O)OC1(C)C)C(C)(C(=O)OC1(C)CC2CC1C1CCCC21)C1C(=O)OC(=O)C1C(C)(C)OC1CC2CC1C1C3CCC(C3)C21. The molecular formula is C42H58O10. The standard InChI is InChI=1S/C42H58O10/c1-19(35(44)48-29-17-30(43)51-39(29,2)3)42(7,38(47)52-41(6)18-23-15-27(41)25-10-8-9-24(23)25)34-33(36(45)49-37(34)46)40(4,5)50-28-16-22-14-26(28)32-21-12-11-20(13-21)31(22)32/h19-29,31-34H,8-18H2,1-7H3. The van der Waals surface area contributed by atoms with E-state index >= 15 is 4.79 Å². The number of fused-ring (bicyclic) bond motifs is 14. The maximum atomic E-state index is 15.0. The van der Waals surface area contributed by atoms with Crippen molar-refractivity contribution in [1.82, 2.24) is 0 Å². The highest BCUT2D eigenvalue weighted by atomic mass is 16.6. The lowest BCUT2D eigenvalue weighted by atomic mass is 9.61. The summed E-state index contributed by atoms with van der Waals surface area (Å²) in [5.74, 6) is -1.26. The zero-order chi connectivity index (χ0) is 36.9. The Balaban J connectivity index is 1.02. The highest BCUT2D eigenvalue weighted by Crippen LogP contribution is 2.68. The van der Waals surface area contributed by atoms with Gasteiger partial charge in [-0.2, -0.15) is 0 Å². The molecular weight excluding hydrogens is 664 g/mol. The second-order valence-corrected chi connectivity index (χ2v) is 20.3. The van der Waals surface area contributed by atoms with E-state index in [2.05, 4.69) is 0 Å². The van der Waals surface area contributed by atoms with Gasteiger partial charge in [-0.1, -0.05) is 13.3 Å². The van der Waals surface area contributed by atoms with Crippen LogP contribution in [0.4, 0.5) is 0 Å². The van der Waals surface area contributed by atoms with Crippen molar-refractivity contribution in [2.75, 3.05) is 0 Å². The molecule has 6 bridgehead atoms. The van der Waals surface area contributed by atoms with Gasteiger partial charge >= 0.3 is 29.8 Å². The molecule has 286 valence electrons. The molecule has 0 aromatic heterocycles. The van der Waals surface area contributed by atoms with Gasteiger partial charge in [0, 0.05) is 5.92 Å². The second-order valence-electron chi connectivity index (χ2n) is 20.3. The summed E-state index contributed by atoms with van der Waals surface area (Å²) in [4.78, 5) is 69.5. The molecule has 10 heteroatoms. The van der Waals surface area contributed by atoms with Crippen LogP contribution in [-0.4, -0.2) is 58.9 Å². The summed E-state index contributed by atoms with van der Waals surface area (Å²) in [7, 11) is 0. The smallest absolute Gasteiger partial charge is 0.320 e. The lowest BCUT2D eigenvalue weighted by Crippen LogP contribution is -2.57. The molecule has 0 N–H and O–H groups in total. The zero-order valence-corrected chi connectivity index (χ0v) is 32.0. The van der Waals surface area contributed by atoms with Crippen molar-refractivity contribution < 1.29 is 47.7 Å². The zero-order valence-electron chi connectivity index (χ0n) is 32.0. The molecule has 9 aliphatic rings. The molecule has 9 fully saturated rings. The molecule has 17 atom stereocenters. The number of carbonyl (C=O) groups excluding carboxylic acids is 5. The minimum atomic E-state index is -1.84. The molecule has 52 heavy (non-hydrogen) atoms. The van der Waals surface area contributed by atoms with Crippen molar-refractivity contribution in [3.05, 3.63) is 0 Å². The number of rotatable bonds is 9. The number of esters is 5. The fourth-order valence-corrected chi connectivity index (χ4v) is 14.7. The van der Waals surface area contributed by atoms with Crippen LogP contribution in [0.15, 0.2) is 0 Å². The Bertz CT molecular complexity index is 1580. The molecule has 10 nitrogen and oxygen atoms in total. The summed E-state index contributed by atoms with van der Waals surface area (Å²) in [5.41, 5.74) is -4.83. The van der Waals surface area contributed by atoms with E-state index in [1.54, 1.807) is 27.7 Å². The highest BCUT2D eigenvalue weighted by molar-refractivity contribution is 6.01. The molecule has 0 aromatic carbocycles. The summed E-state index contributed by atoms with van der Waals surface area (Å²) in [6.45, 7) is 12.2. The molecule has 2 saturated heterocycles. The third-order valence-electron chi connectivity index (χ3n) is 17.1. The summed E-state index contributed by atoms with van der Waals surface area (Å²) in [6.07, 6.45) is 10.3. The van der Waals surface area contributed by atoms with Crippen LogP contribution in [0.5, 0.6) is 0 Å². The lowest BCUT2D eigenvalue weighted by molar-refractivity contribution is -0.200. The normalized spacial score (nSPS) is 48.0. The number of hydrogen-bond acceptors (Lipinski definition) is 10. The van der Waals surface area contributed by atoms with E-state index < -0.39 is 75.9 Å². The topological polar surface area (TPSA) is 132 Å². The minimum Gasteiger partial charge on any atom is -0.459 e. The minimum absolute atomic E-state index is 0.0419. The van der Waals surface area contributed by atoms with E-state index in [4.69, 9.17) is 23.7 Å². The summed E-state index contributed by atoms with van der Waals surface area (Å²) >= 11 is 0. The molecule has 0 radical (unpaired) electrons. The van der Waals surface area contributed by atoms with Gasteiger partial charge in [0.15, 0.2) is 6.10 Å². The fourth-order valence-electron chi connectivity index (χ4n) is 14.7. The molecule has 7 saturated carbocycles. The summed E-state index contributed by atoms with van der Waals surface area (Å²) < 4.78 is 30.4. The Labute approximate surface area is 307 Å². The lowest BCUT2D eigenvalue weighted by Gasteiger charge is -2.46. The van der Waals surface area contributed by atoms with Gasteiger partial charge in [-0.05, 0) is 153 Å². The van der Waals surface area contributed by atoms with Crippen molar-refractivity contribution in [3.8, 4) is 0 Å². The number of hydrogen-bond donors (Lipinski definition) is 0. The van der Waals surface area contributed by atoms with Crippen LogP contribution in [0.2, 0.25) is 0 Å². The van der Waals surface area contributed by atoms with Crippen molar-refractivity contribution in [3.63, 3.8) is 0 Å². The molecule has 0 spiro atoms. The molecule has 0 aromatic rings. The van der Waals surface area contributed by atoms with Crippen molar-refractivity contribution in [1.29, 1.82) is 0 Å². The van der Waals surface area contributed by atoms with Crippen molar-refractivity contribution in [2.24, 2.45) is 82.3 Å². The van der Waals surface area contributed by atoms with E-state index in [-0.39, 0.29) is 18.4 Å². The van der Waals surface area contributed by atoms with Crippen LogP contribution in [0.1, 0.15) is 119 Å². The number of ether oxygens (including phenoxy) is 5. The predicted octanol–water partition coefficient (Wildman–Crippen LogP) is 6.21. The van der Waals surface area contributed by atoms with Crippen molar-refractivity contribution >= 4 is 29.8 Å². The average Bonchev–Trinajstić information content (AvgIpc) is 3.90. The fraction of sp³-hybridized carbons (Fsp3) is 0.881. The van der Waals surface area contributed by atoms with Crippen LogP contribution in [-0.2, 0) is 47.7 Å². The first-order valence-corrected chi connectivity index (χ1v) is 20.5. The first-order chi connectivity index (χ1) is 24.4. The van der Waals surface area contributed by atoms with Gasteiger partial charge in [-0.15, -0.1) is 0 Å². The Morgan fingerprint density at radius 2 is 1.50 bits per heavy atom. The largest absolute Gasteiger partial charge is 0.459 e. The van der Waals surface area contributed by atoms with E-state index in [1.807, 2.05) is 20.8 Å². The Kier molecular flexibility index (Phi) is 7.80. The summed E-state index contributed by atoms with van der Waals surface area (Å²) in [6, 6.07) is 0.